The second-order valence-electron chi connectivity index (χ2n) is 12.1. The molecular formula is C32H39BN3O6PSi. The average Bonchev–Trinajstić information content (AvgIpc) is 3.48. The Hall–Kier alpha value is -2.88. The van der Waals surface area contributed by atoms with Crippen molar-refractivity contribution in [3.8, 4) is 11.5 Å². The van der Waals surface area contributed by atoms with E-state index in [0.717, 1.165) is 15.9 Å². The normalized spacial score (nSPS) is 24.0. The van der Waals surface area contributed by atoms with Crippen LogP contribution < -0.4 is 19.8 Å². The molecule has 1 fully saturated rings. The molecule has 2 aliphatic heterocycles. The van der Waals surface area contributed by atoms with Crippen LogP contribution in [0.25, 0.3) is 10.4 Å². The lowest BCUT2D eigenvalue weighted by Gasteiger charge is -2.47. The predicted molar refractivity (Wildman–Crippen MR) is 176 cm³/mol. The fraction of sp³-hybridized carbons (Fsp3) is 0.438. The van der Waals surface area contributed by atoms with E-state index in [1.54, 1.807) is 0 Å². The lowest BCUT2D eigenvalue weighted by molar-refractivity contribution is -0.261. The SMILES string of the molecule is [B]C(P)O[C@H]1C(CO[Si](c2ccccc2)(c2ccccc2)C(C)(C)C)OC(OCc2ccc3c(c2)OCO3)[C@H](N=[N+]=[N-])[C@H]1C. The Labute approximate surface area is 263 Å². The van der Waals surface area contributed by atoms with E-state index in [1.807, 2.05) is 37.3 Å². The summed E-state index contributed by atoms with van der Waals surface area (Å²) < 4.78 is 37.3. The first-order valence-corrected chi connectivity index (χ1v) is 17.3. The van der Waals surface area contributed by atoms with Crippen molar-refractivity contribution in [2.75, 3.05) is 13.4 Å². The Bertz CT molecular complexity index is 1400. The fourth-order valence-electron chi connectivity index (χ4n) is 6.17. The molecule has 2 aliphatic rings. The molecule has 0 spiro atoms. The van der Waals surface area contributed by atoms with Gasteiger partial charge in [-0.15, -0.1) is 9.24 Å². The van der Waals surface area contributed by atoms with Gasteiger partial charge in [0.1, 0.15) is 14.0 Å². The number of azide groups is 1. The van der Waals surface area contributed by atoms with Crippen molar-refractivity contribution in [2.24, 2.45) is 11.0 Å². The van der Waals surface area contributed by atoms with Gasteiger partial charge >= 0.3 is 0 Å². The van der Waals surface area contributed by atoms with E-state index in [9.17, 15) is 5.53 Å². The van der Waals surface area contributed by atoms with Crippen LogP contribution in [0, 0.1) is 5.92 Å². The van der Waals surface area contributed by atoms with Crippen LogP contribution in [0.2, 0.25) is 5.04 Å². The molecule has 3 aromatic carbocycles. The first-order valence-electron chi connectivity index (χ1n) is 14.8. The zero-order valence-corrected chi connectivity index (χ0v) is 27.7. The standard InChI is InChI=1S/C32H39BN3O6PSi/c1-21-28(35-36-34)30(37-18-22-15-16-25-26(17-22)39-20-38-25)41-27(29(21)42-31(33)43)19-40-44(32(2,3)4,23-11-7-5-8-12-23)24-13-9-6-10-14-24/h5-17,21,27-31H,18-20,43H2,1-4H3/t21-,27?,28-,29-,30?,31?/m1/s1. The maximum Gasteiger partial charge on any atom is 0.261 e. The average molecular weight is 632 g/mol. The highest BCUT2D eigenvalue weighted by molar-refractivity contribution is 7.20. The van der Waals surface area contributed by atoms with E-state index < -0.39 is 38.6 Å². The molecule has 7 atom stereocenters. The predicted octanol–water partition coefficient (Wildman–Crippen LogP) is 5.26. The van der Waals surface area contributed by atoms with E-state index in [4.69, 9.17) is 36.0 Å². The molecule has 5 rings (SSSR count). The summed E-state index contributed by atoms with van der Waals surface area (Å²) in [4.78, 5) is 3.11. The van der Waals surface area contributed by atoms with Gasteiger partial charge in [0.05, 0.1) is 25.4 Å². The Morgan fingerprint density at radius 2 is 1.66 bits per heavy atom. The fourth-order valence-corrected chi connectivity index (χ4v) is 10.9. The van der Waals surface area contributed by atoms with Crippen LogP contribution in [-0.4, -0.2) is 59.8 Å². The van der Waals surface area contributed by atoms with E-state index in [2.05, 4.69) is 88.6 Å². The monoisotopic (exact) mass is 631 g/mol. The molecule has 0 amide bonds. The van der Waals surface area contributed by atoms with Gasteiger partial charge in [-0.2, -0.15) is 0 Å². The third kappa shape index (κ3) is 6.85. The van der Waals surface area contributed by atoms with Gasteiger partial charge in [-0.3, -0.25) is 0 Å². The van der Waals surface area contributed by atoms with Crippen LogP contribution >= 0.6 is 9.24 Å². The lowest BCUT2D eigenvalue weighted by atomic mass is 9.89. The molecule has 9 nitrogen and oxygen atoms in total. The van der Waals surface area contributed by atoms with Crippen molar-refractivity contribution < 1.29 is 28.1 Å². The minimum absolute atomic E-state index is 0.189. The van der Waals surface area contributed by atoms with Crippen LogP contribution in [0.15, 0.2) is 84.0 Å². The number of rotatable bonds is 11. The zero-order chi connectivity index (χ0) is 31.3. The maximum absolute atomic E-state index is 9.46. The van der Waals surface area contributed by atoms with E-state index in [0.29, 0.717) is 11.5 Å². The summed E-state index contributed by atoms with van der Waals surface area (Å²) in [6, 6.07) is 25.8. The topological polar surface area (TPSA) is 104 Å². The number of hydrogen-bond donors (Lipinski definition) is 0. The van der Waals surface area contributed by atoms with Crippen LogP contribution in [0.5, 0.6) is 11.5 Å². The number of fused-ring (bicyclic) bond motifs is 1. The van der Waals surface area contributed by atoms with Crippen molar-refractivity contribution >= 4 is 35.8 Å². The molecule has 0 bridgehead atoms. The van der Waals surface area contributed by atoms with Crippen LogP contribution in [0.1, 0.15) is 33.3 Å². The Balaban J connectivity index is 1.46. The van der Waals surface area contributed by atoms with Gasteiger partial charge in [0.25, 0.3) is 8.32 Å². The van der Waals surface area contributed by atoms with Gasteiger partial charge in [-0.1, -0.05) is 99.5 Å². The largest absolute Gasteiger partial charge is 0.454 e. The molecule has 44 heavy (non-hydrogen) atoms. The molecule has 0 saturated carbocycles. The van der Waals surface area contributed by atoms with Gasteiger partial charge in [0.2, 0.25) is 6.79 Å². The van der Waals surface area contributed by atoms with Gasteiger partial charge in [0.15, 0.2) is 17.8 Å². The van der Waals surface area contributed by atoms with Crippen molar-refractivity contribution in [3.05, 3.63) is 94.9 Å². The molecule has 1 saturated heterocycles. The Morgan fingerprint density at radius 1 is 1.02 bits per heavy atom. The van der Waals surface area contributed by atoms with E-state index >= 15 is 0 Å². The molecule has 0 aliphatic carbocycles. The minimum atomic E-state index is -2.88. The molecule has 0 aromatic heterocycles. The van der Waals surface area contributed by atoms with Crippen molar-refractivity contribution in [1.82, 2.24) is 0 Å². The minimum Gasteiger partial charge on any atom is -0.454 e. The smallest absolute Gasteiger partial charge is 0.261 e. The highest BCUT2D eigenvalue weighted by Gasteiger charge is 2.52. The molecule has 2 heterocycles. The molecule has 4 unspecified atom stereocenters. The highest BCUT2D eigenvalue weighted by atomic mass is 31.0. The summed E-state index contributed by atoms with van der Waals surface area (Å²) in [7, 11) is 5.70. The zero-order valence-electron chi connectivity index (χ0n) is 25.5. The van der Waals surface area contributed by atoms with Gasteiger partial charge < -0.3 is 28.1 Å². The number of benzene rings is 3. The van der Waals surface area contributed by atoms with Crippen molar-refractivity contribution in [1.29, 1.82) is 0 Å². The summed E-state index contributed by atoms with van der Waals surface area (Å²) in [5.74, 6) is 0.410. The van der Waals surface area contributed by atoms with E-state index in [1.165, 1.54) is 0 Å². The van der Waals surface area contributed by atoms with Crippen LogP contribution in [0.4, 0.5) is 0 Å². The quantitative estimate of drug-likeness (QED) is 0.0941. The summed E-state index contributed by atoms with van der Waals surface area (Å²) >= 11 is 0. The van der Waals surface area contributed by atoms with Gasteiger partial charge in [-0.05, 0) is 44.6 Å². The first-order chi connectivity index (χ1) is 21.1. The molecule has 2 radical (unpaired) electrons. The summed E-state index contributed by atoms with van der Waals surface area (Å²) in [5.41, 5.74) is 10.3. The van der Waals surface area contributed by atoms with E-state index in [-0.39, 0.29) is 31.0 Å². The van der Waals surface area contributed by atoms with Gasteiger partial charge in [-0.25, -0.2) is 0 Å². The molecule has 230 valence electrons. The molecule has 0 N–H and O–H groups in total. The maximum atomic E-state index is 9.46. The number of hydrogen-bond acceptors (Lipinski definition) is 7. The van der Waals surface area contributed by atoms with Gasteiger partial charge in [0, 0.05) is 10.7 Å². The first kappa shape index (κ1) is 32.5. The molecule has 12 heteroatoms. The number of ether oxygens (including phenoxy) is 5. The van der Waals surface area contributed by atoms with Crippen LogP contribution in [0.3, 0.4) is 0 Å². The summed E-state index contributed by atoms with van der Waals surface area (Å²) in [5, 5.41) is 6.16. The third-order valence-corrected chi connectivity index (χ3v) is 13.4. The Kier molecular flexibility index (Phi) is 10.4. The van der Waals surface area contributed by atoms with Crippen molar-refractivity contribution in [3.63, 3.8) is 0 Å². The van der Waals surface area contributed by atoms with Crippen LogP contribution in [-0.2, 0) is 25.2 Å². The van der Waals surface area contributed by atoms with Crippen molar-refractivity contribution in [2.45, 2.75) is 69.6 Å². The highest BCUT2D eigenvalue weighted by Crippen LogP contribution is 2.39. The molecule has 3 aromatic rings. The lowest BCUT2D eigenvalue weighted by Crippen LogP contribution is -2.68. The Morgan fingerprint density at radius 3 is 2.25 bits per heavy atom. The number of nitrogens with zero attached hydrogens (tertiary/aromatic N) is 3. The molecular weight excluding hydrogens is 592 g/mol. The second kappa shape index (κ2) is 14.0. The summed E-state index contributed by atoms with van der Waals surface area (Å²) in [6.45, 7) is 9.26. The summed E-state index contributed by atoms with van der Waals surface area (Å²) in [6.07, 6.45) is -1.94. The third-order valence-electron chi connectivity index (χ3n) is 8.24. The second-order valence-corrected chi connectivity index (χ2v) is 17.1.